The molecule has 1 aromatic heterocycles. The molecule has 24 heavy (non-hydrogen) atoms. The maximum absolute atomic E-state index is 12.3. The van der Waals surface area contributed by atoms with Crippen LogP contribution in [0.4, 0.5) is 8.78 Å². The van der Waals surface area contributed by atoms with Gasteiger partial charge in [0.25, 0.3) is 5.91 Å². The van der Waals surface area contributed by atoms with E-state index in [2.05, 4.69) is 10.1 Å². The first-order valence-corrected chi connectivity index (χ1v) is 7.84. The van der Waals surface area contributed by atoms with E-state index in [1.165, 1.54) is 18.2 Å². The smallest absolute Gasteiger partial charge is 0.387 e. The second-order valence-corrected chi connectivity index (χ2v) is 6.19. The van der Waals surface area contributed by atoms with Crippen molar-refractivity contribution in [3.8, 4) is 5.75 Å². The maximum Gasteiger partial charge on any atom is 0.387 e. The Hall–Kier alpha value is -2.48. The number of carbonyl (C=O) groups excluding carboxylic acids is 1. The van der Waals surface area contributed by atoms with Gasteiger partial charge in [-0.15, -0.1) is 11.3 Å². The minimum absolute atomic E-state index is 0.106. The largest absolute Gasteiger partial charge is 0.478 e. The molecule has 0 unspecified atom stereocenters. The fourth-order valence-corrected chi connectivity index (χ4v) is 2.91. The zero-order valence-corrected chi connectivity index (χ0v) is 13.5. The van der Waals surface area contributed by atoms with Crippen molar-refractivity contribution in [2.24, 2.45) is 0 Å². The number of rotatable bonds is 7. The van der Waals surface area contributed by atoms with Gasteiger partial charge in [0.2, 0.25) is 0 Å². The van der Waals surface area contributed by atoms with E-state index in [1.54, 1.807) is 19.1 Å². The highest BCUT2D eigenvalue weighted by atomic mass is 32.1. The highest BCUT2D eigenvalue weighted by molar-refractivity contribution is 7.14. The fraction of sp³-hybridized carbons (Fsp3) is 0.250. The molecule has 0 spiro atoms. The molecular weight excluding hydrogens is 340 g/mol. The summed E-state index contributed by atoms with van der Waals surface area (Å²) in [6.07, 6.45) is 0.487. The van der Waals surface area contributed by atoms with E-state index in [1.807, 2.05) is 0 Å². The predicted molar refractivity (Wildman–Crippen MR) is 85.1 cm³/mol. The molecular formula is C16H15F2NO4S. The number of carbonyl (C=O) groups is 2. The highest BCUT2D eigenvalue weighted by Gasteiger charge is 2.18. The molecule has 0 bridgehead atoms. The topological polar surface area (TPSA) is 75.6 Å². The number of benzene rings is 1. The summed E-state index contributed by atoms with van der Waals surface area (Å²) < 4.78 is 29.0. The molecule has 2 N–H and O–H groups in total. The third-order valence-electron chi connectivity index (χ3n) is 3.14. The number of aromatic carboxylic acids is 1. The molecule has 2 rings (SSSR count). The van der Waals surface area contributed by atoms with Crippen LogP contribution in [0.25, 0.3) is 0 Å². The third kappa shape index (κ3) is 4.76. The quantitative estimate of drug-likeness (QED) is 0.799. The minimum Gasteiger partial charge on any atom is -0.478 e. The first kappa shape index (κ1) is 17.9. The van der Waals surface area contributed by atoms with Gasteiger partial charge in [-0.05, 0) is 37.1 Å². The molecule has 5 nitrogen and oxygen atoms in total. The molecule has 0 atom stereocenters. The molecule has 2 aromatic rings. The molecule has 0 saturated carbocycles. The first-order chi connectivity index (χ1) is 11.4. The minimum atomic E-state index is -2.99. The second kappa shape index (κ2) is 7.87. The zero-order valence-electron chi connectivity index (χ0n) is 12.7. The molecule has 0 radical (unpaired) electrons. The van der Waals surface area contributed by atoms with E-state index in [9.17, 15) is 18.4 Å². The van der Waals surface area contributed by atoms with Crippen LogP contribution in [0, 0.1) is 6.92 Å². The number of aryl methyl sites for hydroxylation is 1. The molecule has 128 valence electrons. The van der Waals surface area contributed by atoms with Crippen molar-refractivity contribution in [1.82, 2.24) is 5.32 Å². The number of alkyl halides is 2. The Labute approximate surface area is 140 Å². The Bertz CT molecular complexity index is 728. The van der Waals surface area contributed by atoms with Crippen LogP contribution in [0.15, 0.2) is 30.3 Å². The molecule has 1 aromatic carbocycles. The monoisotopic (exact) mass is 355 g/mol. The lowest BCUT2D eigenvalue weighted by molar-refractivity contribution is -0.0498. The molecule has 8 heteroatoms. The van der Waals surface area contributed by atoms with Gasteiger partial charge < -0.3 is 15.2 Å². The molecule has 1 heterocycles. The molecule has 0 aliphatic carbocycles. The van der Waals surface area contributed by atoms with Gasteiger partial charge in [0.1, 0.15) is 10.6 Å². The Balaban J connectivity index is 1.92. The molecule has 0 aliphatic heterocycles. The van der Waals surface area contributed by atoms with E-state index in [0.29, 0.717) is 11.3 Å². The van der Waals surface area contributed by atoms with E-state index < -0.39 is 18.5 Å². The Morgan fingerprint density at radius 3 is 2.54 bits per heavy atom. The average molecular weight is 355 g/mol. The lowest BCUT2D eigenvalue weighted by Crippen LogP contribution is -2.25. The normalized spacial score (nSPS) is 10.7. The number of ether oxygens (including phenoxy) is 1. The summed E-state index contributed by atoms with van der Waals surface area (Å²) in [5.74, 6) is -1.61. The summed E-state index contributed by atoms with van der Waals surface area (Å²) in [5, 5.41) is 11.5. The number of amides is 1. The van der Waals surface area contributed by atoms with Crippen molar-refractivity contribution < 1.29 is 28.2 Å². The summed E-state index contributed by atoms with van der Waals surface area (Å²) in [5.41, 5.74) is 1.04. The highest BCUT2D eigenvalue weighted by Crippen LogP contribution is 2.30. The number of carboxylic acids is 1. The summed E-state index contributed by atoms with van der Waals surface area (Å²) in [4.78, 5) is 23.7. The second-order valence-electron chi connectivity index (χ2n) is 4.94. The van der Waals surface area contributed by atoms with Crippen LogP contribution < -0.4 is 10.1 Å². The summed E-state index contributed by atoms with van der Waals surface area (Å²) in [6.45, 7) is -1.00. The van der Waals surface area contributed by atoms with Crippen LogP contribution in [0.3, 0.4) is 0 Å². The lowest BCUT2D eigenvalue weighted by Gasteiger charge is -2.07. The van der Waals surface area contributed by atoms with E-state index in [4.69, 9.17) is 5.11 Å². The third-order valence-corrected chi connectivity index (χ3v) is 4.17. The van der Waals surface area contributed by atoms with Crippen LogP contribution in [-0.2, 0) is 6.42 Å². The van der Waals surface area contributed by atoms with Crippen LogP contribution in [0.1, 0.15) is 30.5 Å². The van der Waals surface area contributed by atoms with Crippen LogP contribution in [-0.4, -0.2) is 30.1 Å². The van der Waals surface area contributed by atoms with Crippen molar-refractivity contribution in [1.29, 1.82) is 0 Å². The molecule has 0 aliphatic rings. The van der Waals surface area contributed by atoms with Crippen molar-refractivity contribution in [3.05, 3.63) is 51.2 Å². The van der Waals surface area contributed by atoms with Crippen molar-refractivity contribution >= 4 is 23.2 Å². The first-order valence-electron chi connectivity index (χ1n) is 7.02. The number of hydrogen-bond acceptors (Lipinski definition) is 4. The fourth-order valence-electron chi connectivity index (χ4n) is 2.05. The van der Waals surface area contributed by atoms with Crippen LogP contribution in [0.2, 0.25) is 0 Å². The number of thiophene rings is 1. The lowest BCUT2D eigenvalue weighted by atomic mass is 10.1. The SMILES string of the molecule is Cc1cc(OC(F)F)c(C(=O)NCCc2ccc(C(=O)O)cc2)s1. The van der Waals surface area contributed by atoms with Gasteiger partial charge in [-0.2, -0.15) is 8.78 Å². The van der Waals surface area contributed by atoms with Gasteiger partial charge in [0, 0.05) is 11.4 Å². The number of carboxylic acid groups (broad SMARTS) is 1. The van der Waals surface area contributed by atoms with Gasteiger partial charge in [-0.3, -0.25) is 4.79 Å². The van der Waals surface area contributed by atoms with Gasteiger partial charge in [0.15, 0.2) is 0 Å². The van der Waals surface area contributed by atoms with E-state index in [0.717, 1.165) is 16.9 Å². The van der Waals surface area contributed by atoms with Crippen molar-refractivity contribution in [2.45, 2.75) is 20.0 Å². The standard InChI is InChI=1S/C16H15F2NO4S/c1-9-8-12(23-16(17)18)13(24-9)14(20)19-7-6-10-2-4-11(5-3-10)15(21)22/h2-5,8,16H,6-7H2,1H3,(H,19,20)(H,21,22). The summed E-state index contributed by atoms with van der Waals surface area (Å²) in [6, 6.07) is 7.69. The molecule has 1 amide bonds. The van der Waals surface area contributed by atoms with Gasteiger partial charge in [-0.25, -0.2) is 4.79 Å². The number of hydrogen-bond donors (Lipinski definition) is 2. The van der Waals surface area contributed by atoms with Crippen molar-refractivity contribution in [3.63, 3.8) is 0 Å². The van der Waals surface area contributed by atoms with Crippen LogP contribution >= 0.6 is 11.3 Å². The Morgan fingerprint density at radius 1 is 1.29 bits per heavy atom. The Morgan fingerprint density at radius 2 is 1.96 bits per heavy atom. The van der Waals surface area contributed by atoms with Crippen molar-refractivity contribution in [2.75, 3.05) is 6.54 Å². The summed E-state index contributed by atoms with van der Waals surface area (Å²) in [7, 11) is 0. The summed E-state index contributed by atoms with van der Waals surface area (Å²) >= 11 is 1.08. The number of nitrogens with one attached hydrogen (secondary N) is 1. The van der Waals surface area contributed by atoms with Gasteiger partial charge in [0.05, 0.1) is 5.56 Å². The maximum atomic E-state index is 12.3. The zero-order chi connectivity index (χ0) is 17.7. The van der Waals surface area contributed by atoms with Gasteiger partial charge >= 0.3 is 12.6 Å². The average Bonchev–Trinajstić information content (AvgIpc) is 2.87. The molecule has 0 fully saturated rings. The number of halogens is 2. The Kier molecular flexibility index (Phi) is 5.86. The van der Waals surface area contributed by atoms with Gasteiger partial charge in [-0.1, -0.05) is 12.1 Å². The molecule has 0 saturated heterocycles. The van der Waals surface area contributed by atoms with Crippen LogP contribution in [0.5, 0.6) is 5.75 Å². The van der Waals surface area contributed by atoms with E-state index in [-0.39, 0.29) is 22.7 Å². The van der Waals surface area contributed by atoms with E-state index >= 15 is 0 Å². The predicted octanol–water partition coefficient (Wildman–Crippen LogP) is 3.33.